The van der Waals surface area contributed by atoms with Crippen molar-refractivity contribution in [1.29, 1.82) is 0 Å². The first-order chi connectivity index (χ1) is 7.12. The molecule has 0 unspecified atom stereocenters. The summed E-state index contributed by atoms with van der Waals surface area (Å²) < 4.78 is 0. The van der Waals surface area contributed by atoms with Crippen LogP contribution in [-0.4, -0.2) is 17.2 Å². The summed E-state index contributed by atoms with van der Waals surface area (Å²) in [5.41, 5.74) is 0. The van der Waals surface area contributed by atoms with Crippen molar-refractivity contribution in [3.05, 3.63) is 24.8 Å². The van der Waals surface area contributed by atoms with Gasteiger partial charge in [-0.15, -0.1) is 0 Å². The van der Waals surface area contributed by atoms with Gasteiger partial charge in [0.2, 0.25) is 0 Å². The Morgan fingerprint density at radius 2 is 1.31 bits per heavy atom. The Kier molecular flexibility index (Phi) is 18.2. The Bertz CT molecular complexity index is 168. The summed E-state index contributed by atoms with van der Waals surface area (Å²) in [6.45, 7) is 12.8. The molecule has 93 valence electrons. The predicted molar refractivity (Wildman–Crippen MR) is 76.1 cm³/mol. The first kappa shape index (κ1) is 20.5. The highest BCUT2D eigenvalue weighted by Crippen LogP contribution is 2.25. The minimum absolute atomic E-state index is 0. The Balaban J connectivity index is -0.000000174. The van der Waals surface area contributed by atoms with Gasteiger partial charge in [-0.25, -0.2) is 0 Å². The molecule has 0 saturated heterocycles. The van der Waals surface area contributed by atoms with E-state index < -0.39 is 0 Å². The molecule has 0 fully saturated rings. The highest BCUT2D eigenvalue weighted by molar-refractivity contribution is 6.37. The Morgan fingerprint density at radius 1 is 1.00 bits per heavy atom. The van der Waals surface area contributed by atoms with Gasteiger partial charge in [-0.3, -0.25) is 9.97 Å². The highest BCUT2D eigenvalue weighted by Gasteiger charge is 2.10. The summed E-state index contributed by atoms with van der Waals surface area (Å²) in [6.07, 6.45) is 7.80. The van der Waals surface area contributed by atoms with Crippen LogP contribution in [-0.2, 0) is 0 Å². The quantitative estimate of drug-likeness (QED) is 0.690. The van der Waals surface area contributed by atoms with Crippen molar-refractivity contribution in [2.24, 2.45) is 0 Å². The van der Waals surface area contributed by atoms with E-state index in [4.69, 9.17) is 0 Å². The van der Waals surface area contributed by atoms with Gasteiger partial charge in [0.15, 0.2) is 0 Å². The van der Waals surface area contributed by atoms with Crippen LogP contribution in [0, 0.1) is 0 Å². The van der Waals surface area contributed by atoms with Crippen LogP contribution in [0.15, 0.2) is 24.8 Å². The molecule has 0 saturated carbocycles. The second kappa shape index (κ2) is 14.1. The smallest absolute Gasteiger partial charge is 0.113 e. The third-order valence-electron chi connectivity index (χ3n) is 2.17. The molecule has 0 aromatic carbocycles. The maximum atomic E-state index is 3.72. The molecule has 0 aliphatic carbocycles. The molecule has 16 heavy (non-hydrogen) atoms. The lowest BCUT2D eigenvalue weighted by atomic mass is 9.55. The third kappa shape index (κ3) is 15.6. The molecule has 1 aromatic rings. The molecule has 0 bridgehead atoms. The Hall–Kier alpha value is -0.855. The molecule has 0 aliphatic rings. The van der Waals surface area contributed by atoms with Crippen LogP contribution in [0.3, 0.4) is 0 Å². The summed E-state index contributed by atoms with van der Waals surface area (Å²) >= 11 is 0. The second-order valence-corrected chi connectivity index (χ2v) is 3.53. The van der Waals surface area contributed by atoms with Gasteiger partial charge >= 0.3 is 0 Å². The first-order valence-corrected chi connectivity index (χ1v) is 5.63. The molecule has 0 atom stereocenters. The maximum absolute atomic E-state index is 3.72. The lowest BCUT2D eigenvalue weighted by Gasteiger charge is -2.17. The number of nitrogens with zero attached hydrogens (tertiary/aromatic N) is 2. The minimum atomic E-state index is 0. The van der Waals surface area contributed by atoms with Gasteiger partial charge in [0.1, 0.15) is 7.28 Å². The van der Waals surface area contributed by atoms with Crippen molar-refractivity contribution < 1.29 is 0 Å². The molecule has 1 radical (unpaired) electrons. The number of hydrogen-bond donors (Lipinski definition) is 0. The van der Waals surface area contributed by atoms with E-state index in [0.29, 0.717) is 5.31 Å². The lowest BCUT2D eigenvalue weighted by Crippen LogP contribution is -2.06. The van der Waals surface area contributed by atoms with Crippen molar-refractivity contribution >= 4 is 7.28 Å². The zero-order valence-electron chi connectivity index (χ0n) is 11.0. The minimum Gasteiger partial charge on any atom is -0.262 e. The maximum Gasteiger partial charge on any atom is 0.113 e. The predicted octanol–water partition coefficient (Wildman–Crippen LogP) is 4.49. The van der Waals surface area contributed by atoms with E-state index in [1.165, 1.54) is 6.42 Å². The molecule has 2 nitrogen and oxygen atoms in total. The van der Waals surface area contributed by atoms with Gasteiger partial charge in [-0.05, 0) is 0 Å². The molecule has 0 spiro atoms. The van der Waals surface area contributed by atoms with Crippen LogP contribution < -0.4 is 0 Å². The fourth-order valence-corrected chi connectivity index (χ4v) is 0.457. The highest BCUT2D eigenvalue weighted by atomic mass is 14.7. The molecule has 1 heterocycles. The fraction of sp³-hybridized carbons (Fsp3) is 0.692. The molecule has 0 N–H and O–H groups in total. The van der Waals surface area contributed by atoms with E-state index in [1.54, 1.807) is 24.8 Å². The van der Waals surface area contributed by atoms with Gasteiger partial charge in [0, 0.05) is 24.8 Å². The van der Waals surface area contributed by atoms with Crippen LogP contribution >= 0.6 is 0 Å². The normalized spacial score (nSPS) is 8.38. The summed E-state index contributed by atoms with van der Waals surface area (Å²) in [7, 11) is 2.24. The lowest BCUT2D eigenvalue weighted by molar-refractivity contribution is 0.645. The monoisotopic (exact) mass is 223 g/mol. The van der Waals surface area contributed by atoms with Crippen molar-refractivity contribution in [1.82, 2.24) is 9.97 Å². The number of hydrogen-bond acceptors (Lipinski definition) is 2. The Labute approximate surface area is 103 Å². The molecule has 1 aromatic heterocycles. The molecule has 0 aliphatic heterocycles. The first-order valence-electron chi connectivity index (χ1n) is 5.63. The average molecular weight is 223 g/mol. The Morgan fingerprint density at radius 3 is 1.38 bits per heavy atom. The second-order valence-electron chi connectivity index (χ2n) is 3.53. The van der Waals surface area contributed by atoms with Crippen molar-refractivity contribution in [2.75, 3.05) is 0 Å². The summed E-state index contributed by atoms with van der Waals surface area (Å²) in [4.78, 5) is 7.44. The SMILES string of the molecule is C.CC.C[B]C(C)(C)CC.c1cnccn1. The number of rotatable bonds is 2. The van der Waals surface area contributed by atoms with Crippen molar-refractivity contribution in [2.45, 2.75) is 60.6 Å². The molecular formula is C13H28BN2. The average Bonchev–Trinajstić information content (AvgIpc) is 2.35. The summed E-state index contributed by atoms with van der Waals surface area (Å²) in [5.74, 6) is 0. The molecule has 1 rings (SSSR count). The van der Waals surface area contributed by atoms with Crippen LogP contribution in [0.4, 0.5) is 0 Å². The van der Waals surface area contributed by atoms with E-state index in [2.05, 4.69) is 44.8 Å². The molecule has 3 heteroatoms. The van der Waals surface area contributed by atoms with Crippen LogP contribution in [0.25, 0.3) is 0 Å². The van der Waals surface area contributed by atoms with Gasteiger partial charge in [-0.1, -0.05) is 60.6 Å². The van der Waals surface area contributed by atoms with Crippen LogP contribution in [0.1, 0.15) is 48.5 Å². The van der Waals surface area contributed by atoms with E-state index in [1.807, 2.05) is 13.8 Å². The van der Waals surface area contributed by atoms with E-state index >= 15 is 0 Å². The summed E-state index contributed by atoms with van der Waals surface area (Å²) in [5, 5.41) is 0.458. The van der Waals surface area contributed by atoms with E-state index in [9.17, 15) is 0 Å². The van der Waals surface area contributed by atoms with Gasteiger partial charge in [0.25, 0.3) is 0 Å². The zero-order chi connectivity index (χ0) is 12.2. The molecule has 0 amide bonds. The van der Waals surface area contributed by atoms with E-state index in [0.717, 1.165) is 0 Å². The fourth-order valence-electron chi connectivity index (χ4n) is 0.457. The largest absolute Gasteiger partial charge is 0.262 e. The topological polar surface area (TPSA) is 25.8 Å². The summed E-state index contributed by atoms with van der Waals surface area (Å²) in [6, 6.07) is 0. The van der Waals surface area contributed by atoms with Crippen LogP contribution in [0.5, 0.6) is 0 Å². The number of aromatic nitrogens is 2. The standard InChI is InChI=1S/C6H14B.C4H4N2.C2H6.CH4/c1-5-6(2,3)7-4;1-2-6-4-3-5-1;1-2;/h5H2,1-4H3;1-4H;1-2H3;1H4. The van der Waals surface area contributed by atoms with Crippen molar-refractivity contribution in [3.8, 4) is 0 Å². The van der Waals surface area contributed by atoms with Crippen molar-refractivity contribution in [3.63, 3.8) is 0 Å². The van der Waals surface area contributed by atoms with Crippen LogP contribution in [0.2, 0.25) is 12.1 Å². The van der Waals surface area contributed by atoms with Gasteiger partial charge in [-0.2, -0.15) is 0 Å². The van der Waals surface area contributed by atoms with E-state index in [-0.39, 0.29) is 7.43 Å². The molecular weight excluding hydrogens is 195 g/mol. The third-order valence-corrected chi connectivity index (χ3v) is 2.17. The van der Waals surface area contributed by atoms with Gasteiger partial charge in [0.05, 0.1) is 0 Å². The van der Waals surface area contributed by atoms with Gasteiger partial charge < -0.3 is 0 Å². The zero-order valence-corrected chi connectivity index (χ0v) is 11.0.